The summed E-state index contributed by atoms with van der Waals surface area (Å²) in [5.74, 6) is 0.336. The molecule has 0 aromatic rings. The van der Waals surface area contributed by atoms with Crippen LogP contribution in [0, 0.1) is 5.92 Å². The van der Waals surface area contributed by atoms with Gasteiger partial charge >= 0.3 is 0 Å². The van der Waals surface area contributed by atoms with Gasteiger partial charge in [-0.1, -0.05) is 24.3 Å². The lowest BCUT2D eigenvalue weighted by atomic mass is 9.92. The van der Waals surface area contributed by atoms with Crippen molar-refractivity contribution < 1.29 is 4.79 Å². The predicted molar refractivity (Wildman–Crippen MR) is 47.3 cm³/mol. The summed E-state index contributed by atoms with van der Waals surface area (Å²) in [7, 11) is 0. The third-order valence-electron chi connectivity index (χ3n) is 1.99. The molecule has 0 N–H and O–H groups in total. The Balaban J connectivity index is 2.32. The highest BCUT2D eigenvalue weighted by Crippen LogP contribution is 2.36. The second-order valence-corrected chi connectivity index (χ2v) is 3.71. The molecule has 0 spiro atoms. The van der Waals surface area contributed by atoms with Gasteiger partial charge in [-0.3, -0.25) is 4.79 Å². The lowest BCUT2D eigenvalue weighted by molar-refractivity contribution is -0.105. The van der Waals surface area contributed by atoms with E-state index in [1.165, 1.54) is 0 Å². The van der Waals surface area contributed by atoms with E-state index in [0.717, 1.165) is 11.9 Å². The summed E-state index contributed by atoms with van der Waals surface area (Å²) in [6.07, 6.45) is 9.05. The van der Waals surface area contributed by atoms with E-state index in [1.54, 1.807) is 11.8 Å². The first-order valence-corrected chi connectivity index (χ1v) is 4.52. The number of rotatable bonds is 1. The van der Waals surface area contributed by atoms with Crippen LogP contribution in [0.1, 0.15) is 0 Å². The Labute approximate surface area is 69.9 Å². The predicted octanol–water partition coefficient (Wildman–Crippen LogP) is 1.93. The zero-order chi connectivity index (χ0) is 7.68. The number of fused-ring (bicyclic) bond motifs is 1. The lowest BCUT2D eigenvalue weighted by Crippen LogP contribution is -2.14. The van der Waals surface area contributed by atoms with Crippen LogP contribution in [-0.4, -0.2) is 11.5 Å². The summed E-state index contributed by atoms with van der Waals surface area (Å²) in [5, 5.41) is 2.54. The van der Waals surface area contributed by atoms with E-state index >= 15 is 0 Å². The van der Waals surface area contributed by atoms with Gasteiger partial charge in [-0.05, 0) is 5.41 Å². The van der Waals surface area contributed by atoms with Crippen LogP contribution in [0.4, 0.5) is 0 Å². The molecule has 56 valence electrons. The van der Waals surface area contributed by atoms with Crippen LogP contribution >= 0.6 is 11.8 Å². The molecule has 11 heavy (non-hydrogen) atoms. The Morgan fingerprint density at radius 3 is 3.18 bits per heavy atom. The van der Waals surface area contributed by atoms with Gasteiger partial charge in [0.05, 0.1) is 0 Å². The van der Waals surface area contributed by atoms with Gasteiger partial charge in [-0.15, -0.1) is 11.8 Å². The fraction of sp³-hybridized carbons (Fsp3) is 0.222. The Hall–Kier alpha value is -0.760. The van der Waals surface area contributed by atoms with E-state index in [2.05, 4.69) is 17.6 Å². The fourth-order valence-corrected chi connectivity index (χ4v) is 2.43. The first kappa shape index (κ1) is 6.92. The molecular weight excluding hydrogens is 156 g/mol. The average molecular weight is 164 g/mol. The van der Waals surface area contributed by atoms with Crippen LogP contribution in [0.2, 0.25) is 0 Å². The van der Waals surface area contributed by atoms with E-state index < -0.39 is 0 Å². The molecule has 1 heterocycles. The van der Waals surface area contributed by atoms with Crippen molar-refractivity contribution in [2.24, 2.45) is 5.92 Å². The molecule has 0 saturated heterocycles. The smallest absolute Gasteiger partial charge is 0.146 e. The van der Waals surface area contributed by atoms with Gasteiger partial charge in [0, 0.05) is 16.7 Å². The second-order valence-electron chi connectivity index (χ2n) is 2.62. The summed E-state index contributed by atoms with van der Waals surface area (Å²) < 4.78 is 0. The Morgan fingerprint density at radius 1 is 1.45 bits per heavy atom. The Morgan fingerprint density at radius 2 is 2.36 bits per heavy atom. The molecule has 0 radical (unpaired) electrons. The van der Waals surface area contributed by atoms with Crippen molar-refractivity contribution in [3.63, 3.8) is 0 Å². The molecule has 0 amide bonds. The molecule has 0 saturated carbocycles. The van der Waals surface area contributed by atoms with E-state index in [1.807, 2.05) is 12.2 Å². The summed E-state index contributed by atoms with van der Waals surface area (Å²) in [4.78, 5) is 10.6. The molecule has 2 heteroatoms. The first-order chi connectivity index (χ1) is 5.42. The minimum absolute atomic E-state index is 0.336. The van der Waals surface area contributed by atoms with Crippen molar-refractivity contribution >= 4 is 18.0 Å². The second kappa shape index (κ2) is 2.70. The van der Waals surface area contributed by atoms with Crippen LogP contribution in [0.5, 0.6) is 0 Å². The molecule has 0 bridgehead atoms. The van der Waals surface area contributed by atoms with Crippen LogP contribution in [0.3, 0.4) is 0 Å². The molecular formula is C9H8OS. The minimum atomic E-state index is 0.336. The highest BCUT2D eigenvalue weighted by atomic mass is 32.2. The van der Waals surface area contributed by atoms with Crippen LogP contribution in [0.15, 0.2) is 35.3 Å². The monoisotopic (exact) mass is 164 g/mol. The fourth-order valence-electron chi connectivity index (χ4n) is 1.39. The maximum atomic E-state index is 10.6. The van der Waals surface area contributed by atoms with E-state index in [-0.39, 0.29) is 0 Å². The largest absolute Gasteiger partial charge is 0.298 e. The molecule has 0 aromatic carbocycles. The molecule has 1 aliphatic carbocycles. The van der Waals surface area contributed by atoms with E-state index in [9.17, 15) is 4.79 Å². The van der Waals surface area contributed by atoms with E-state index in [0.29, 0.717) is 11.2 Å². The van der Waals surface area contributed by atoms with Gasteiger partial charge < -0.3 is 0 Å². The van der Waals surface area contributed by atoms with Crippen molar-refractivity contribution in [2.75, 3.05) is 0 Å². The topological polar surface area (TPSA) is 17.1 Å². The third kappa shape index (κ3) is 1.07. The average Bonchev–Trinajstić information content (AvgIpc) is 2.50. The van der Waals surface area contributed by atoms with Gasteiger partial charge in [-0.2, -0.15) is 0 Å². The van der Waals surface area contributed by atoms with Gasteiger partial charge in [0.1, 0.15) is 6.29 Å². The van der Waals surface area contributed by atoms with Crippen molar-refractivity contribution in [2.45, 2.75) is 5.25 Å². The summed E-state index contributed by atoms with van der Waals surface area (Å²) in [6.45, 7) is 0. The Kier molecular flexibility index (Phi) is 1.70. The van der Waals surface area contributed by atoms with Crippen molar-refractivity contribution in [3.05, 3.63) is 35.3 Å². The number of hydrogen-bond acceptors (Lipinski definition) is 2. The van der Waals surface area contributed by atoms with Crippen LogP contribution in [0.25, 0.3) is 0 Å². The lowest BCUT2D eigenvalue weighted by Gasteiger charge is -2.17. The highest BCUT2D eigenvalue weighted by molar-refractivity contribution is 8.03. The minimum Gasteiger partial charge on any atom is -0.298 e. The Bertz CT molecular complexity index is 263. The number of thioether (sulfide) groups is 1. The number of hydrogen-bond donors (Lipinski definition) is 0. The quantitative estimate of drug-likeness (QED) is 0.551. The standard InChI is InChI=1S/C9H8OS/c10-6-7-2-1-3-9-8(7)4-5-11-9/h1-6,8-9H. The number of allylic oxidation sites excluding steroid dienone is 4. The van der Waals surface area contributed by atoms with Crippen molar-refractivity contribution in [3.8, 4) is 0 Å². The zero-order valence-corrected chi connectivity index (χ0v) is 6.75. The molecule has 0 fully saturated rings. The maximum absolute atomic E-state index is 10.6. The normalized spacial score (nSPS) is 33.3. The van der Waals surface area contributed by atoms with Gasteiger partial charge in [0.15, 0.2) is 0 Å². The molecule has 2 aliphatic rings. The maximum Gasteiger partial charge on any atom is 0.146 e. The molecule has 2 rings (SSSR count). The van der Waals surface area contributed by atoms with Gasteiger partial charge in [0.25, 0.3) is 0 Å². The molecule has 0 aromatic heterocycles. The van der Waals surface area contributed by atoms with Crippen LogP contribution in [-0.2, 0) is 4.79 Å². The summed E-state index contributed by atoms with van der Waals surface area (Å²) in [6, 6.07) is 0. The van der Waals surface area contributed by atoms with Gasteiger partial charge in [0.2, 0.25) is 0 Å². The number of aldehydes is 1. The summed E-state index contributed by atoms with van der Waals surface area (Å²) >= 11 is 1.78. The summed E-state index contributed by atoms with van der Waals surface area (Å²) in [5.41, 5.74) is 0.902. The van der Waals surface area contributed by atoms with Crippen LogP contribution < -0.4 is 0 Å². The zero-order valence-electron chi connectivity index (χ0n) is 5.94. The SMILES string of the molecule is O=CC1=CC=CC2SC=CC12. The number of carbonyl (C=O) groups is 1. The first-order valence-electron chi connectivity index (χ1n) is 3.57. The van der Waals surface area contributed by atoms with Crippen molar-refractivity contribution in [1.82, 2.24) is 0 Å². The van der Waals surface area contributed by atoms with E-state index in [4.69, 9.17) is 0 Å². The highest BCUT2D eigenvalue weighted by Gasteiger charge is 2.25. The molecule has 2 unspecified atom stereocenters. The molecule has 1 aliphatic heterocycles. The molecule has 1 nitrogen and oxygen atoms in total. The number of carbonyl (C=O) groups excluding carboxylic acids is 1. The third-order valence-corrected chi connectivity index (χ3v) is 3.06. The van der Waals surface area contributed by atoms with Crippen molar-refractivity contribution in [1.29, 1.82) is 0 Å². The molecule has 2 atom stereocenters. The van der Waals surface area contributed by atoms with Gasteiger partial charge in [-0.25, -0.2) is 0 Å².